The van der Waals surface area contributed by atoms with E-state index in [-0.39, 0.29) is 24.6 Å². The lowest BCUT2D eigenvalue weighted by Gasteiger charge is -2.27. The molecule has 1 aliphatic carbocycles. The molecule has 3 heterocycles. The number of anilines is 3. The fourth-order valence-corrected chi connectivity index (χ4v) is 3.62. The maximum atomic E-state index is 12.8. The normalized spacial score (nSPS) is 18.9. The van der Waals surface area contributed by atoms with Gasteiger partial charge in [0.05, 0.1) is 18.5 Å². The highest BCUT2D eigenvalue weighted by Crippen LogP contribution is 2.24. The van der Waals surface area contributed by atoms with E-state index in [9.17, 15) is 9.90 Å². The number of nitrogens with zero attached hydrogens (tertiary/aromatic N) is 4. The number of amides is 1. The average Bonchev–Trinajstić information content (AvgIpc) is 3.19. The van der Waals surface area contributed by atoms with Gasteiger partial charge in [-0.1, -0.05) is 0 Å². The number of fused-ring (bicyclic) bond motifs is 1. The summed E-state index contributed by atoms with van der Waals surface area (Å²) >= 11 is 0. The number of aliphatic hydroxyl groups excluding tert-OH is 1. The van der Waals surface area contributed by atoms with Crippen molar-refractivity contribution in [2.24, 2.45) is 5.73 Å². The first-order chi connectivity index (χ1) is 14.6. The minimum absolute atomic E-state index is 0.0200. The summed E-state index contributed by atoms with van der Waals surface area (Å²) in [4.78, 5) is 21.1. The SMILES string of the molecule is NC1CCC(Nc2cc(NCCO)c3ncc(C(=O)Nc4ccncc4)n3n2)CC1. The highest BCUT2D eigenvalue weighted by molar-refractivity contribution is 6.03. The summed E-state index contributed by atoms with van der Waals surface area (Å²) in [6, 6.07) is 5.82. The predicted octanol–water partition coefficient (Wildman–Crippen LogP) is 1.46. The van der Waals surface area contributed by atoms with E-state index in [1.165, 1.54) is 10.7 Å². The summed E-state index contributed by atoms with van der Waals surface area (Å²) in [6.45, 7) is 0.344. The molecule has 0 spiro atoms. The van der Waals surface area contributed by atoms with E-state index in [1.54, 1.807) is 24.5 Å². The molecule has 30 heavy (non-hydrogen) atoms. The van der Waals surface area contributed by atoms with Crippen LogP contribution in [-0.4, -0.2) is 55.8 Å². The number of hydrogen-bond donors (Lipinski definition) is 5. The third-order valence-electron chi connectivity index (χ3n) is 5.19. The maximum absolute atomic E-state index is 12.8. The van der Waals surface area contributed by atoms with Crippen molar-refractivity contribution in [3.63, 3.8) is 0 Å². The number of imidazole rings is 1. The van der Waals surface area contributed by atoms with Crippen molar-refractivity contribution in [1.29, 1.82) is 0 Å². The standard InChI is InChI=1S/C20H26N8O2/c21-13-1-3-14(4-2-13)25-18-11-16(23-9-10-29)19-24-12-17(28(19)27-18)20(30)26-15-5-7-22-8-6-15/h5-8,11-14,23,29H,1-4,9-10,21H2,(H,25,27)(H,22,26,30). The highest BCUT2D eigenvalue weighted by Gasteiger charge is 2.21. The molecule has 0 radical (unpaired) electrons. The predicted molar refractivity (Wildman–Crippen MR) is 115 cm³/mol. The Balaban J connectivity index is 1.63. The smallest absolute Gasteiger partial charge is 0.276 e. The number of aliphatic hydroxyl groups is 1. The molecule has 10 heteroatoms. The Morgan fingerprint density at radius 2 is 2.00 bits per heavy atom. The molecule has 158 valence electrons. The second-order valence-electron chi connectivity index (χ2n) is 7.42. The Morgan fingerprint density at radius 3 is 2.73 bits per heavy atom. The van der Waals surface area contributed by atoms with Gasteiger partial charge in [-0.3, -0.25) is 9.78 Å². The first-order valence-electron chi connectivity index (χ1n) is 10.1. The molecule has 0 saturated heterocycles. The summed E-state index contributed by atoms with van der Waals surface area (Å²) in [7, 11) is 0. The Labute approximate surface area is 173 Å². The van der Waals surface area contributed by atoms with Crippen molar-refractivity contribution in [1.82, 2.24) is 19.6 Å². The number of pyridine rings is 1. The zero-order valence-electron chi connectivity index (χ0n) is 16.6. The number of carbonyl (C=O) groups is 1. The lowest BCUT2D eigenvalue weighted by atomic mass is 9.92. The van der Waals surface area contributed by atoms with Crippen molar-refractivity contribution in [2.45, 2.75) is 37.8 Å². The van der Waals surface area contributed by atoms with E-state index in [2.05, 4.69) is 31.0 Å². The number of carbonyl (C=O) groups excluding carboxylic acids is 1. The molecule has 0 unspecified atom stereocenters. The minimum Gasteiger partial charge on any atom is -0.395 e. The molecule has 4 rings (SSSR count). The van der Waals surface area contributed by atoms with Gasteiger partial charge in [0.25, 0.3) is 5.91 Å². The van der Waals surface area contributed by atoms with Crippen molar-refractivity contribution < 1.29 is 9.90 Å². The Hall–Kier alpha value is -3.24. The van der Waals surface area contributed by atoms with Crippen LogP contribution in [0.5, 0.6) is 0 Å². The number of aromatic nitrogens is 4. The molecule has 6 N–H and O–H groups in total. The highest BCUT2D eigenvalue weighted by atomic mass is 16.3. The van der Waals surface area contributed by atoms with Gasteiger partial charge in [0, 0.05) is 42.8 Å². The molecule has 0 aliphatic heterocycles. The van der Waals surface area contributed by atoms with E-state index in [1.807, 2.05) is 6.07 Å². The summed E-state index contributed by atoms with van der Waals surface area (Å²) in [5.74, 6) is 0.314. The van der Waals surface area contributed by atoms with Gasteiger partial charge in [-0.25, -0.2) is 9.50 Å². The fraction of sp³-hybridized carbons (Fsp3) is 0.400. The van der Waals surface area contributed by atoms with Crippen LogP contribution in [0.25, 0.3) is 5.65 Å². The number of nitrogens with two attached hydrogens (primary N) is 1. The molecule has 10 nitrogen and oxygen atoms in total. The van der Waals surface area contributed by atoms with Gasteiger partial charge in [-0.2, -0.15) is 0 Å². The quantitative estimate of drug-likeness (QED) is 0.394. The Bertz CT molecular complexity index is 999. The lowest BCUT2D eigenvalue weighted by Crippen LogP contribution is -2.33. The molecule has 0 aromatic carbocycles. The third-order valence-corrected chi connectivity index (χ3v) is 5.19. The summed E-state index contributed by atoms with van der Waals surface area (Å²) in [5, 5.41) is 23.3. The largest absolute Gasteiger partial charge is 0.395 e. The van der Waals surface area contributed by atoms with Crippen LogP contribution in [0.3, 0.4) is 0 Å². The van der Waals surface area contributed by atoms with Crippen molar-refractivity contribution in [3.8, 4) is 0 Å². The summed E-state index contributed by atoms with van der Waals surface area (Å²) in [5.41, 5.74) is 8.16. The molecule has 1 fully saturated rings. The van der Waals surface area contributed by atoms with E-state index in [4.69, 9.17) is 5.73 Å². The van der Waals surface area contributed by atoms with Crippen molar-refractivity contribution in [3.05, 3.63) is 42.5 Å². The fourth-order valence-electron chi connectivity index (χ4n) is 3.62. The van der Waals surface area contributed by atoms with Crippen LogP contribution in [0, 0.1) is 0 Å². The minimum atomic E-state index is -0.324. The van der Waals surface area contributed by atoms with Crippen LogP contribution in [-0.2, 0) is 0 Å². The van der Waals surface area contributed by atoms with E-state index in [0.29, 0.717) is 35.1 Å². The lowest BCUT2D eigenvalue weighted by molar-refractivity contribution is 0.102. The number of nitrogens with one attached hydrogen (secondary N) is 3. The number of hydrogen-bond acceptors (Lipinski definition) is 8. The third kappa shape index (κ3) is 4.50. The monoisotopic (exact) mass is 410 g/mol. The second-order valence-corrected chi connectivity index (χ2v) is 7.42. The average molecular weight is 410 g/mol. The van der Waals surface area contributed by atoms with Gasteiger partial charge >= 0.3 is 0 Å². The molecular formula is C20H26N8O2. The first kappa shape index (κ1) is 20.0. The molecule has 1 amide bonds. The van der Waals surface area contributed by atoms with Crippen LogP contribution < -0.4 is 21.7 Å². The van der Waals surface area contributed by atoms with Crippen LogP contribution in [0.2, 0.25) is 0 Å². The van der Waals surface area contributed by atoms with Crippen LogP contribution in [0.15, 0.2) is 36.8 Å². The summed E-state index contributed by atoms with van der Waals surface area (Å²) < 4.78 is 1.52. The molecule has 0 bridgehead atoms. The maximum Gasteiger partial charge on any atom is 0.276 e. The van der Waals surface area contributed by atoms with Crippen LogP contribution in [0.4, 0.5) is 17.2 Å². The molecular weight excluding hydrogens is 384 g/mol. The second kappa shape index (κ2) is 9.06. The van der Waals surface area contributed by atoms with E-state index >= 15 is 0 Å². The molecule has 3 aromatic heterocycles. The van der Waals surface area contributed by atoms with Crippen molar-refractivity contribution >= 4 is 28.7 Å². The number of rotatable bonds is 7. The molecule has 1 aliphatic rings. The van der Waals surface area contributed by atoms with Gasteiger partial charge in [0.2, 0.25) is 0 Å². The topological polar surface area (TPSA) is 142 Å². The zero-order valence-corrected chi connectivity index (χ0v) is 16.6. The van der Waals surface area contributed by atoms with Crippen molar-refractivity contribution in [2.75, 3.05) is 29.1 Å². The van der Waals surface area contributed by atoms with E-state index in [0.717, 1.165) is 25.7 Å². The van der Waals surface area contributed by atoms with Gasteiger partial charge in [0.1, 0.15) is 5.82 Å². The first-order valence-corrected chi connectivity index (χ1v) is 10.1. The Kier molecular flexibility index (Phi) is 6.05. The zero-order chi connectivity index (χ0) is 20.9. The van der Waals surface area contributed by atoms with Crippen LogP contribution in [0.1, 0.15) is 36.2 Å². The molecule has 3 aromatic rings. The Morgan fingerprint density at radius 1 is 1.23 bits per heavy atom. The van der Waals surface area contributed by atoms with Gasteiger partial charge in [-0.15, -0.1) is 5.10 Å². The molecule has 1 saturated carbocycles. The molecule has 0 atom stereocenters. The summed E-state index contributed by atoms with van der Waals surface area (Å²) in [6.07, 6.45) is 8.60. The van der Waals surface area contributed by atoms with Gasteiger partial charge in [0.15, 0.2) is 11.3 Å². The van der Waals surface area contributed by atoms with Gasteiger partial charge in [-0.05, 0) is 37.8 Å². The van der Waals surface area contributed by atoms with Crippen LogP contribution >= 0.6 is 0 Å². The van der Waals surface area contributed by atoms with E-state index < -0.39 is 0 Å². The van der Waals surface area contributed by atoms with Gasteiger partial charge < -0.3 is 26.8 Å².